The fourth-order valence-corrected chi connectivity index (χ4v) is 3.15. The Balaban J connectivity index is 4.63. The number of rotatable bonds is 7. The highest BCUT2D eigenvalue weighted by Crippen LogP contribution is 2.37. The van der Waals surface area contributed by atoms with E-state index in [2.05, 4.69) is 6.07 Å². The Morgan fingerprint density at radius 2 is 1.50 bits per heavy atom. The van der Waals surface area contributed by atoms with E-state index in [1.54, 1.807) is 0 Å². The van der Waals surface area contributed by atoms with Crippen molar-refractivity contribution in [1.82, 2.24) is 0 Å². The molecule has 0 atom stereocenters. The van der Waals surface area contributed by atoms with Gasteiger partial charge in [-0.25, -0.2) is 0 Å². The molecule has 0 saturated carbocycles. The van der Waals surface area contributed by atoms with Crippen LogP contribution in [0.3, 0.4) is 0 Å². The molecule has 14 heavy (non-hydrogen) atoms. The van der Waals surface area contributed by atoms with Crippen molar-refractivity contribution in [3.8, 4) is 6.07 Å². The third kappa shape index (κ3) is 3.09. The Hall–Kier alpha value is -0.373. The molecule has 1 radical (unpaired) electrons. The molecule has 0 bridgehead atoms. The summed E-state index contributed by atoms with van der Waals surface area (Å²) in [5, 5.41) is 8.82. The van der Waals surface area contributed by atoms with Gasteiger partial charge in [-0.3, -0.25) is 0 Å². The van der Waals surface area contributed by atoms with Crippen LogP contribution in [0.15, 0.2) is 0 Å². The van der Waals surface area contributed by atoms with Crippen molar-refractivity contribution >= 4 is 9.28 Å². The zero-order valence-corrected chi connectivity index (χ0v) is 10.6. The van der Waals surface area contributed by atoms with E-state index in [0.717, 1.165) is 12.8 Å². The van der Waals surface area contributed by atoms with Crippen molar-refractivity contribution in [3.05, 3.63) is 0 Å². The van der Waals surface area contributed by atoms with E-state index in [0.29, 0.717) is 13.2 Å². The normalized spacial score (nSPS) is 11.7. The van der Waals surface area contributed by atoms with Crippen LogP contribution >= 0.6 is 0 Å². The van der Waals surface area contributed by atoms with Gasteiger partial charge < -0.3 is 8.85 Å². The van der Waals surface area contributed by atoms with E-state index in [1.165, 1.54) is 0 Å². The van der Waals surface area contributed by atoms with E-state index in [1.807, 2.05) is 27.7 Å². The van der Waals surface area contributed by atoms with Crippen LogP contribution in [-0.4, -0.2) is 22.5 Å². The maximum absolute atomic E-state index is 9.22. The van der Waals surface area contributed by atoms with Gasteiger partial charge in [0.05, 0.1) is 6.07 Å². The summed E-state index contributed by atoms with van der Waals surface area (Å²) in [5.74, 6) is 0. The lowest BCUT2D eigenvalue weighted by Crippen LogP contribution is -2.37. The van der Waals surface area contributed by atoms with Crippen LogP contribution in [0.25, 0.3) is 0 Å². The number of nitriles is 1. The minimum Gasteiger partial charge on any atom is -0.393 e. The predicted octanol–water partition coefficient (Wildman–Crippen LogP) is 2.63. The van der Waals surface area contributed by atoms with Crippen LogP contribution in [0, 0.1) is 11.3 Å². The molecule has 81 valence electrons. The first-order chi connectivity index (χ1) is 6.70. The highest BCUT2D eigenvalue weighted by molar-refractivity contribution is 6.49. The van der Waals surface area contributed by atoms with Gasteiger partial charge in [0.15, 0.2) is 0 Å². The molecule has 0 heterocycles. The van der Waals surface area contributed by atoms with Crippen molar-refractivity contribution in [2.45, 2.75) is 45.6 Å². The van der Waals surface area contributed by atoms with Crippen molar-refractivity contribution in [2.75, 3.05) is 13.2 Å². The summed E-state index contributed by atoms with van der Waals surface area (Å²) < 4.78 is 11.2. The van der Waals surface area contributed by atoms with Crippen molar-refractivity contribution in [1.29, 1.82) is 5.26 Å². The first kappa shape index (κ1) is 13.6. The second-order valence-electron chi connectivity index (χ2n) is 3.05. The molecule has 0 aliphatic heterocycles. The van der Waals surface area contributed by atoms with Gasteiger partial charge in [-0.2, -0.15) is 5.26 Å². The molecule has 0 spiro atoms. The fraction of sp³-hybridized carbons (Fsp3) is 0.900. The van der Waals surface area contributed by atoms with E-state index in [9.17, 15) is 5.26 Å². The van der Waals surface area contributed by atoms with Gasteiger partial charge in [-0.15, -0.1) is 0 Å². The summed E-state index contributed by atoms with van der Waals surface area (Å²) in [5.41, 5.74) is 0. The summed E-state index contributed by atoms with van der Waals surface area (Å²) >= 11 is 0. The first-order valence-corrected chi connectivity index (χ1v) is 6.56. The number of nitrogens with zero attached hydrogens (tertiary/aromatic N) is 1. The van der Waals surface area contributed by atoms with Crippen molar-refractivity contribution in [3.63, 3.8) is 0 Å². The fourth-order valence-electron chi connectivity index (χ4n) is 1.32. The summed E-state index contributed by atoms with van der Waals surface area (Å²) in [6.45, 7) is 9.18. The Kier molecular flexibility index (Phi) is 6.80. The molecule has 4 heteroatoms. The molecule has 0 aromatic rings. The standard InChI is InChI=1S/C10H20NO2Si/c1-5-10(6-2,9-11)14(12-7-3)13-8-4/h5-8H2,1-4H3. The van der Waals surface area contributed by atoms with Crippen molar-refractivity contribution in [2.24, 2.45) is 0 Å². The van der Waals surface area contributed by atoms with E-state index >= 15 is 0 Å². The second-order valence-corrected chi connectivity index (χ2v) is 5.16. The Morgan fingerprint density at radius 3 is 1.71 bits per heavy atom. The molecular formula is C10H20NO2Si. The third-order valence-corrected chi connectivity index (χ3v) is 5.06. The molecular weight excluding hydrogens is 194 g/mol. The quantitative estimate of drug-likeness (QED) is 0.612. The summed E-state index contributed by atoms with van der Waals surface area (Å²) in [6.07, 6.45) is 1.60. The lowest BCUT2D eigenvalue weighted by molar-refractivity contribution is 0.191. The van der Waals surface area contributed by atoms with Gasteiger partial charge >= 0.3 is 9.28 Å². The SMILES string of the molecule is CCO[Si](OCC)C(C#N)(CC)CC. The Morgan fingerprint density at radius 1 is 1.07 bits per heavy atom. The molecule has 0 aromatic heterocycles. The molecule has 0 saturated heterocycles. The van der Waals surface area contributed by atoms with Gasteiger partial charge in [0, 0.05) is 13.2 Å². The molecule has 0 fully saturated rings. The van der Waals surface area contributed by atoms with Crippen molar-refractivity contribution < 1.29 is 8.85 Å². The van der Waals surface area contributed by atoms with Crippen LogP contribution < -0.4 is 0 Å². The summed E-state index contributed by atoms with van der Waals surface area (Å²) in [4.78, 5) is 0. The maximum atomic E-state index is 9.22. The van der Waals surface area contributed by atoms with Crippen LogP contribution in [0.2, 0.25) is 5.04 Å². The smallest absolute Gasteiger partial charge is 0.393 e. The minimum absolute atomic E-state index is 0.392. The first-order valence-electron chi connectivity index (χ1n) is 5.24. The molecule has 3 nitrogen and oxygen atoms in total. The van der Waals surface area contributed by atoms with E-state index < -0.39 is 14.3 Å². The molecule has 0 aliphatic rings. The topological polar surface area (TPSA) is 42.2 Å². The largest absolute Gasteiger partial charge is 0.406 e. The number of hydrogen-bond acceptors (Lipinski definition) is 3. The number of hydrogen-bond donors (Lipinski definition) is 0. The van der Waals surface area contributed by atoms with E-state index in [4.69, 9.17) is 8.85 Å². The highest BCUT2D eigenvalue weighted by atomic mass is 28.3. The Bertz CT molecular complexity index is 181. The summed E-state index contributed by atoms with van der Waals surface area (Å²) in [7, 11) is -1.46. The minimum atomic E-state index is -1.46. The van der Waals surface area contributed by atoms with Gasteiger partial charge in [0.25, 0.3) is 0 Å². The molecule has 0 rings (SSSR count). The zero-order chi connectivity index (χ0) is 11.0. The average Bonchev–Trinajstić information content (AvgIpc) is 2.22. The average molecular weight is 214 g/mol. The van der Waals surface area contributed by atoms with Crippen LogP contribution in [0.4, 0.5) is 0 Å². The molecule has 0 aromatic carbocycles. The molecule has 0 aliphatic carbocycles. The maximum Gasteiger partial charge on any atom is 0.406 e. The van der Waals surface area contributed by atoms with Crippen LogP contribution in [0.5, 0.6) is 0 Å². The molecule has 0 unspecified atom stereocenters. The van der Waals surface area contributed by atoms with Gasteiger partial charge in [-0.05, 0) is 26.7 Å². The third-order valence-electron chi connectivity index (χ3n) is 2.36. The summed E-state index contributed by atoms with van der Waals surface area (Å²) in [6, 6.07) is 2.38. The Labute approximate surface area is 88.9 Å². The van der Waals surface area contributed by atoms with Gasteiger partial charge in [-0.1, -0.05) is 13.8 Å². The van der Waals surface area contributed by atoms with E-state index in [-0.39, 0.29) is 0 Å². The zero-order valence-electron chi connectivity index (χ0n) is 9.59. The van der Waals surface area contributed by atoms with Crippen LogP contribution in [-0.2, 0) is 8.85 Å². The molecule has 0 N–H and O–H groups in total. The lowest BCUT2D eigenvalue weighted by Gasteiger charge is -2.28. The predicted molar refractivity (Wildman–Crippen MR) is 57.9 cm³/mol. The second kappa shape index (κ2) is 6.99. The monoisotopic (exact) mass is 214 g/mol. The van der Waals surface area contributed by atoms with Gasteiger partial charge in [0.1, 0.15) is 5.04 Å². The highest BCUT2D eigenvalue weighted by Gasteiger charge is 2.42. The molecule has 0 amide bonds. The lowest BCUT2D eigenvalue weighted by atomic mass is 10.0. The van der Waals surface area contributed by atoms with Crippen LogP contribution in [0.1, 0.15) is 40.5 Å². The van der Waals surface area contributed by atoms with Gasteiger partial charge in [0.2, 0.25) is 0 Å².